The molecule has 1 aromatic carbocycles. The van der Waals surface area contributed by atoms with Gasteiger partial charge in [0, 0.05) is 6.92 Å². The van der Waals surface area contributed by atoms with Crippen LogP contribution >= 0.6 is 15.9 Å². The fourth-order valence-corrected chi connectivity index (χ4v) is 1.64. The van der Waals surface area contributed by atoms with Gasteiger partial charge < -0.3 is 10.1 Å². The number of halogens is 2. The third-order valence-corrected chi connectivity index (χ3v) is 3.07. The lowest BCUT2D eigenvalue weighted by molar-refractivity contribution is -0.114. The topological polar surface area (TPSA) is 55.4 Å². The molecule has 0 aromatic heterocycles. The molecule has 1 aromatic rings. The molecule has 0 fully saturated rings. The Hall–Kier alpha value is -1.43. The molecule has 0 atom stereocenters. The van der Waals surface area contributed by atoms with E-state index in [4.69, 9.17) is 0 Å². The fraction of sp³-hybridized carbons (Fsp3) is 0.385. The average molecular weight is 334 g/mol. The van der Waals surface area contributed by atoms with Crippen LogP contribution in [0.15, 0.2) is 10.5 Å². The van der Waals surface area contributed by atoms with Crippen LogP contribution in [0.25, 0.3) is 0 Å². The molecule has 19 heavy (non-hydrogen) atoms. The molecule has 0 unspecified atom stereocenters. The number of hydrogen-bond donors (Lipinski definition) is 1. The highest BCUT2D eigenvalue weighted by Gasteiger charge is 2.20. The summed E-state index contributed by atoms with van der Waals surface area (Å²) in [6, 6.07) is 1.45. The standard InChI is InChI=1S/C11H11BrFNO3.C2H6/c1-5-4-7(11(16)17-3)10(14-6(2)15)9(13)8(5)12;1-2/h4H,1-3H3,(H,14,15);1-2H3. The number of ether oxygens (including phenoxy) is 1. The lowest BCUT2D eigenvalue weighted by Gasteiger charge is -2.12. The molecule has 0 saturated carbocycles. The molecule has 0 aliphatic carbocycles. The molecule has 0 aliphatic heterocycles. The predicted octanol–water partition coefficient (Wildman–Crippen LogP) is 3.67. The highest BCUT2D eigenvalue weighted by molar-refractivity contribution is 9.10. The molecule has 1 amide bonds. The summed E-state index contributed by atoms with van der Waals surface area (Å²) in [5.74, 6) is -1.87. The maximum absolute atomic E-state index is 13.9. The van der Waals surface area contributed by atoms with Gasteiger partial charge in [0.25, 0.3) is 0 Å². The van der Waals surface area contributed by atoms with E-state index >= 15 is 0 Å². The minimum absolute atomic E-state index is 0.0131. The maximum atomic E-state index is 13.9. The van der Waals surface area contributed by atoms with E-state index in [0.29, 0.717) is 5.56 Å². The summed E-state index contributed by atoms with van der Waals surface area (Å²) in [5, 5.41) is 2.28. The largest absolute Gasteiger partial charge is 0.465 e. The second-order valence-electron chi connectivity index (χ2n) is 3.42. The second kappa shape index (κ2) is 7.89. The van der Waals surface area contributed by atoms with Crippen LogP contribution in [-0.2, 0) is 9.53 Å². The van der Waals surface area contributed by atoms with Crippen molar-refractivity contribution in [3.05, 3.63) is 27.5 Å². The van der Waals surface area contributed by atoms with Crippen molar-refractivity contribution < 1.29 is 18.7 Å². The number of carbonyl (C=O) groups is 2. The summed E-state index contributed by atoms with van der Waals surface area (Å²) in [6.45, 7) is 6.87. The monoisotopic (exact) mass is 333 g/mol. The number of carbonyl (C=O) groups excluding carboxylic acids is 2. The summed E-state index contributed by atoms with van der Waals surface area (Å²) >= 11 is 3.05. The van der Waals surface area contributed by atoms with E-state index in [0.717, 1.165) is 0 Å². The molecule has 0 bridgehead atoms. The van der Waals surface area contributed by atoms with Gasteiger partial charge in [-0.2, -0.15) is 0 Å². The zero-order chi connectivity index (χ0) is 15.2. The Morgan fingerprint density at radius 2 is 1.89 bits per heavy atom. The second-order valence-corrected chi connectivity index (χ2v) is 4.21. The summed E-state index contributed by atoms with van der Waals surface area (Å²) in [6.07, 6.45) is 0. The first-order chi connectivity index (χ1) is 8.88. The van der Waals surface area contributed by atoms with E-state index in [1.807, 2.05) is 13.8 Å². The van der Waals surface area contributed by atoms with E-state index in [1.165, 1.54) is 20.1 Å². The number of rotatable bonds is 2. The van der Waals surface area contributed by atoms with Gasteiger partial charge in [-0.3, -0.25) is 4.79 Å². The van der Waals surface area contributed by atoms with E-state index < -0.39 is 17.7 Å². The van der Waals surface area contributed by atoms with Crippen molar-refractivity contribution >= 4 is 33.5 Å². The number of nitrogens with one attached hydrogen (secondary N) is 1. The molecule has 1 rings (SSSR count). The smallest absolute Gasteiger partial charge is 0.340 e. The Bertz CT molecular complexity index is 489. The van der Waals surface area contributed by atoms with Crippen molar-refractivity contribution in [3.63, 3.8) is 0 Å². The minimum atomic E-state index is -0.705. The Morgan fingerprint density at radius 3 is 2.32 bits per heavy atom. The third kappa shape index (κ3) is 4.31. The molecule has 0 spiro atoms. The molecule has 0 aliphatic rings. The van der Waals surface area contributed by atoms with E-state index in [1.54, 1.807) is 6.92 Å². The first-order valence-electron chi connectivity index (χ1n) is 5.73. The fourth-order valence-electron chi connectivity index (χ4n) is 1.32. The van der Waals surface area contributed by atoms with Gasteiger partial charge in [-0.05, 0) is 34.5 Å². The molecule has 1 N–H and O–H groups in total. The van der Waals surface area contributed by atoms with Crippen molar-refractivity contribution in [1.29, 1.82) is 0 Å². The Kier molecular flexibility index (Phi) is 7.29. The van der Waals surface area contributed by atoms with Crippen LogP contribution in [0.4, 0.5) is 10.1 Å². The van der Waals surface area contributed by atoms with Gasteiger partial charge in [0.1, 0.15) is 0 Å². The van der Waals surface area contributed by atoms with Crippen LogP contribution in [0, 0.1) is 12.7 Å². The number of methoxy groups -OCH3 is 1. The molecular formula is C13H17BrFNO3. The van der Waals surface area contributed by atoms with Crippen molar-refractivity contribution in [3.8, 4) is 0 Å². The zero-order valence-electron chi connectivity index (χ0n) is 11.6. The Labute approximate surface area is 120 Å². The first kappa shape index (κ1) is 17.6. The van der Waals surface area contributed by atoms with Gasteiger partial charge in [-0.25, -0.2) is 9.18 Å². The Morgan fingerprint density at radius 1 is 1.37 bits per heavy atom. The average Bonchev–Trinajstić information content (AvgIpc) is 2.40. The van der Waals surface area contributed by atoms with Crippen LogP contribution in [0.2, 0.25) is 0 Å². The number of benzene rings is 1. The molecule has 0 saturated heterocycles. The summed E-state index contributed by atoms with van der Waals surface area (Å²) in [4.78, 5) is 22.5. The van der Waals surface area contributed by atoms with E-state index in [2.05, 4.69) is 26.0 Å². The zero-order valence-corrected chi connectivity index (χ0v) is 13.1. The van der Waals surface area contributed by atoms with Crippen LogP contribution < -0.4 is 5.32 Å². The van der Waals surface area contributed by atoms with Crippen molar-refractivity contribution in [2.45, 2.75) is 27.7 Å². The van der Waals surface area contributed by atoms with Crippen molar-refractivity contribution in [1.82, 2.24) is 0 Å². The lowest BCUT2D eigenvalue weighted by atomic mass is 10.1. The summed E-state index contributed by atoms with van der Waals surface area (Å²) in [7, 11) is 1.19. The number of hydrogen-bond acceptors (Lipinski definition) is 3. The first-order valence-corrected chi connectivity index (χ1v) is 6.52. The minimum Gasteiger partial charge on any atom is -0.465 e. The molecule has 0 radical (unpaired) electrons. The lowest BCUT2D eigenvalue weighted by Crippen LogP contribution is -2.14. The van der Waals surface area contributed by atoms with Crippen molar-refractivity contribution in [2.75, 3.05) is 12.4 Å². The SMILES string of the molecule is CC.COC(=O)c1cc(C)c(Br)c(F)c1NC(C)=O. The number of anilines is 1. The van der Waals surface area contributed by atoms with Gasteiger partial charge in [0.2, 0.25) is 5.91 Å². The van der Waals surface area contributed by atoms with E-state index in [-0.39, 0.29) is 15.7 Å². The van der Waals surface area contributed by atoms with Crippen LogP contribution in [0.5, 0.6) is 0 Å². The number of amides is 1. The molecular weight excluding hydrogens is 317 g/mol. The van der Waals surface area contributed by atoms with Crippen LogP contribution in [0.1, 0.15) is 36.7 Å². The quantitative estimate of drug-likeness (QED) is 0.840. The van der Waals surface area contributed by atoms with Gasteiger partial charge in [0.15, 0.2) is 5.82 Å². The normalized spacial score (nSPS) is 9.21. The van der Waals surface area contributed by atoms with Crippen LogP contribution in [0.3, 0.4) is 0 Å². The molecule has 0 heterocycles. The number of esters is 1. The summed E-state index contributed by atoms with van der Waals surface area (Å²) in [5.41, 5.74) is 0.347. The van der Waals surface area contributed by atoms with Gasteiger partial charge in [-0.1, -0.05) is 13.8 Å². The number of aryl methyl sites for hydroxylation is 1. The highest BCUT2D eigenvalue weighted by Crippen LogP contribution is 2.30. The van der Waals surface area contributed by atoms with Crippen molar-refractivity contribution in [2.24, 2.45) is 0 Å². The highest BCUT2D eigenvalue weighted by atomic mass is 79.9. The molecule has 4 nitrogen and oxygen atoms in total. The van der Waals surface area contributed by atoms with Gasteiger partial charge in [0.05, 0.1) is 22.8 Å². The predicted molar refractivity (Wildman–Crippen MR) is 75.8 cm³/mol. The third-order valence-electron chi connectivity index (χ3n) is 2.09. The van der Waals surface area contributed by atoms with Crippen LogP contribution in [-0.4, -0.2) is 19.0 Å². The van der Waals surface area contributed by atoms with E-state index in [9.17, 15) is 14.0 Å². The molecule has 6 heteroatoms. The maximum Gasteiger partial charge on any atom is 0.340 e. The van der Waals surface area contributed by atoms with Gasteiger partial charge >= 0.3 is 5.97 Å². The summed E-state index contributed by atoms with van der Waals surface area (Å²) < 4.78 is 18.6. The van der Waals surface area contributed by atoms with Gasteiger partial charge in [-0.15, -0.1) is 0 Å². The molecule has 106 valence electrons. The Balaban J connectivity index is 0.00000154.